The summed E-state index contributed by atoms with van der Waals surface area (Å²) in [4.78, 5) is 5.81. The van der Waals surface area contributed by atoms with Crippen molar-refractivity contribution < 1.29 is 4.52 Å². The van der Waals surface area contributed by atoms with E-state index in [2.05, 4.69) is 33.8 Å². The number of hydrogen-bond donors (Lipinski definition) is 1. The average Bonchev–Trinajstić information content (AvgIpc) is 3.02. The van der Waals surface area contributed by atoms with Gasteiger partial charge in [0.25, 0.3) is 0 Å². The van der Waals surface area contributed by atoms with E-state index in [1.165, 1.54) is 17.7 Å². The normalized spacial score (nSPS) is 23.0. The first-order valence-corrected chi connectivity index (χ1v) is 7.25. The van der Waals surface area contributed by atoms with Crippen LogP contribution in [0.25, 0.3) is 0 Å². The van der Waals surface area contributed by atoms with Gasteiger partial charge < -0.3 is 9.84 Å². The molecule has 0 saturated carbocycles. The van der Waals surface area contributed by atoms with Gasteiger partial charge in [0.2, 0.25) is 5.89 Å². The van der Waals surface area contributed by atoms with Crippen LogP contribution in [-0.2, 0) is 12.0 Å². The number of piperidine rings is 1. The molecule has 0 bridgehead atoms. The van der Waals surface area contributed by atoms with Crippen LogP contribution >= 0.6 is 23.7 Å². The minimum Gasteiger partial charge on any atom is -0.337 e. The number of nitrogens with one attached hydrogen (secondary N) is 1. The zero-order chi connectivity index (χ0) is 12.4. The highest BCUT2D eigenvalue weighted by Crippen LogP contribution is 2.28. The van der Waals surface area contributed by atoms with E-state index >= 15 is 0 Å². The summed E-state index contributed by atoms with van der Waals surface area (Å²) in [6.45, 7) is 3.17. The lowest BCUT2D eigenvalue weighted by molar-refractivity contribution is 0.206. The van der Waals surface area contributed by atoms with E-state index in [-0.39, 0.29) is 17.9 Å². The molecule has 2 aromatic rings. The van der Waals surface area contributed by atoms with Gasteiger partial charge in [-0.05, 0) is 44.2 Å². The Balaban J connectivity index is 0.00000133. The molecule has 104 valence electrons. The fraction of sp³-hybridized carbons (Fsp3) is 0.538. The molecule has 1 N–H and O–H groups in total. The number of aromatic nitrogens is 2. The Labute approximate surface area is 123 Å². The van der Waals surface area contributed by atoms with Crippen LogP contribution in [0.3, 0.4) is 0 Å². The summed E-state index contributed by atoms with van der Waals surface area (Å²) >= 11 is 1.72. The first-order chi connectivity index (χ1) is 8.76. The number of hydrogen-bond acceptors (Lipinski definition) is 5. The lowest BCUT2D eigenvalue weighted by Gasteiger charge is -2.31. The van der Waals surface area contributed by atoms with Crippen LogP contribution in [0.5, 0.6) is 0 Å². The highest BCUT2D eigenvalue weighted by atomic mass is 35.5. The molecule has 0 spiro atoms. The molecule has 3 heterocycles. The van der Waals surface area contributed by atoms with Crippen molar-refractivity contribution >= 4 is 23.7 Å². The zero-order valence-electron chi connectivity index (χ0n) is 10.9. The van der Waals surface area contributed by atoms with E-state index in [1.807, 2.05) is 6.07 Å². The van der Waals surface area contributed by atoms with Gasteiger partial charge in [0.1, 0.15) is 0 Å². The summed E-state index contributed by atoms with van der Waals surface area (Å²) in [6.07, 6.45) is 4.27. The van der Waals surface area contributed by atoms with E-state index in [4.69, 9.17) is 4.52 Å². The summed E-state index contributed by atoms with van der Waals surface area (Å²) in [7, 11) is 0. The predicted molar refractivity (Wildman–Crippen MR) is 77.9 cm³/mol. The van der Waals surface area contributed by atoms with Crippen LogP contribution in [0.1, 0.15) is 42.8 Å². The summed E-state index contributed by atoms with van der Waals surface area (Å²) in [6, 6.07) is 4.15. The third kappa shape index (κ3) is 3.16. The number of thiophene rings is 1. The van der Waals surface area contributed by atoms with Crippen molar-refractivity contribution in [3.05, 3.63) is 34.1 Å². The monoisotopic (exact) mass is 299 g/mol. The Bertz CT molecular complexity index is 506. The van der Waals surface area contributed by atoms with E-state index in [1.54, 1.807) is 11.3 Å². The topological polar surface area (TPSA) is 51.0 Å². The summed E-state index contributed by atoms with van der Waals surface area (Å²) in [5, 5.41) is 9.65. The van der Waals surface area contributed by atoms with Crippen LogP contribution in [-0.4, -0.2) is 16.7 Å². The van der Waals surface area contributed by atoms with Gasteiger partial charge in [-0.2, -0.15) is 4.98 Å². The maximum absolute atomic E-state index is 5.44. The zero-order valence-corrected chi connectivity index (χ0v) is 12.5. The molecular formula is C13H18ClN3OS. The number of rotatable bonds is 3. The molecule has 6 heteroatoms. The van der Waals surface area contributed by atoms with Gasteiger partial charge in [-0.25, -0.2) is 0 Å². The molecule has 0 aromatic carbocycles. The molecule has 1 aliphatic heterocycles. The fourth-order valence-electron chi connectivity index (χ4n) is 2.36. The molecular weight excluding hydrogens is 282 g/mol. The summed E-state index contributed by atoms with van der Waals surface area (Å²) in [5.41, 5.74) is -0.140. The Kier molecular flexibility index (Phi) is 4.60. The molecule has 3 rings (SSSR count). The summed E-state index contributed by atoms with van der Waals surface area (Å²) < 4.78 is 5.44. The molecule has 4 nitrogen and oxygen atoms in total. The smallest absolute Gasteiger partial charge is 0.246 e. The Morgan fingerprint density at radius 1 is 1.47 bits per heavy atom. The van der Waals surface area contributed by atoms with Gasteiger partial charge in [-0.15, -0.1) is 23.7 Å². The van der Waals surface area contributed by atoms with E-state index in [0.29, 0.717) is 0 Å². The lowest BCUT2D eigenvalue weighted by Crippen LogP contribution is -2.43. The Morgan fingerprint density at radius 2 is 2.37 bits per heavy atom. The first kappa shape index (κ1) is 14.5. The van der Waals surface area contributed by atoms with Crippen LogP contribution in [0.15, 0.2) is 22.0 Å². The molecule has 0 aliphatic carbocycles. The van der Waals surface area contributed by atoms with Gasteiger partial charge >= 0.3 is 0 Å². The Hall–Kier alpha value is -0.910. The maximum Gasteiger partial charge on any atom is 0.246 e. The van der Waals surface area contributed by atoms with Gasteiger partial charge in [0.15, 0.2) is 5.82 Å². The second-order valence-electron chi connectivity index (χ2n) is 4.99. The maximum atomic E-state index is 5.44. The highest BCUT2D eigenvalue weighted by molar-refractivity contribution is 7.09. The standard InChI is InChI=1S/C13H17N3OS.ClH/c1-13(6-2-3-7-14-13)12-15-11(16-17-12)9-10-5-4-8-18-10;/h4-5,8,14H,2-3,6-7,9H2,1H3;1H. The number of halogens is 1. The van der Waals surface area contributed by atoms with Crippen LogP contribution in [0.4, 0.5) is 0 Å². The molecule has 19 heavy (non-hydrogen) atoms. The average molecular weight is 300 g/mol. The SMILES string of the molecule is CC1(c2nc(Cc3cccs3)no2)CCCCN1.Cl. The molecule has 2 aromatic heterocycles. The van der Waals surface area contributed by atoms with E-state index < -0.39 is 0 Å². The molecule has 1 saturated heterocycles. The minimum atomic E-state index is -0.140. The third-order valence-corrected chi connectivity index (χ3v) is 4.35. The second-order valence-corrected chi connectivity index (χ2v) is 6.02. The van der Waals surface area contributed by atoms with Crippen molar-refractivity contribution in [2.24, 2.45) is 0 Å². The van der Waals surface area contributed by atoms with Gasteiger partial charge in [-0.1, -0.05) is 11.2 Å². The van der Waals surface area contributed by atoms with Crippen LogP contribution in [0.2, 0.25) is 0 Å². The van der Waals surface area contributed by atoms with Crippen molar-refractivity contribution in [3.63, 3.8) is 0 Å². The molecule has 0 radical (unpaired) electrons. The second kappa shape index (κ2) is 6.03. The molecule has 1 fully saturated rings. The Morgan fingerprint density at radius 3 is 3.05 bits per heavy atom. The molecule has 1 aliphatic rings. The first-order valence-electron chi connectivity index (χ1n) is 6.37. The third-order valence-electron chi connectivity index (χ3n) is 3.47. The van der Waals surface area contributed by atoms with Gasteiger partial charge in [0, 0.05) is 11.3 Å². The van der Waals surface area contributed by atoms with Gasteiger partial charge in [0.05, 0.1) is 5.54 Å². The molecule has 1 unspecified atom stereocenters. The van der Waals surface area contributed by atoms with Crippen LogP contribution in [0, 0.1) is 0 Å². The fourth-order valence-corrected chi connectivity index (χ4v) is 3.06. The van der Waals surface area contributed by atoms with Crippen molar-refractivity contribution in [3.8, 4) is 0 Å². The van der Waals surface area contributed by atoms with E-state index in [0.717, 1.165) is 31.1 Å². The molecule has 0 amide bonds. The van der Waals surface area contributed by atoms with E-state index in [9.17, 15) is 0 Å². The van der Waals surface area contributed by atoms with Crippen molar-refractivity contribution in [1.82, 2.24) is 15.5 Å². The number of nitrogens with zero attached hydrogens (tertiary/aromatic N) is 2. The van der Waals surface area contributed by atoms with Crippen molar-refractivity contribution in [1.29, 1.82) is 0 Å². The largest absolute Gasteiger partial charge is 0.337 e. The highest BCUT2D eigenvalue weighted by Gasteiger charge is 2.34. The molecule has 1 atom stereocenters. The van der Waals surface area contributed by atoms with Crippen molar-refractivity contribution in [2.75, 3.05) is 6.54 Å². The predicted octanol–water partition coefficient (Wildman–Crippen LogP) is 3.13. The lowest BCUT2D eigenvalue weighted by atomic mass is 9.91. The minimum absolute atomic E-state index is 0. The van der Waals surface area contributed by atoms with Gasteiger partial charge in [-0.3, -0.25) is 0 Å². The van der Waals surface area contributed by atoms with Crippen molar-refractivity contribution in [2.45, 2.75) is 38.1 Å². The summed E-state index contributed by atoms with van der Waals surface area (Å²) in [5.74, 6) is 1.51. The quantitative estimate of drug-likeness (QED) is 0.946. The van der Waals surface area contributed by atoms with Crippen LogP contribution < -0.4 is 5.32 Å².